The maximum Gasteiger partial charge on any atom is 0.266 e. The third-order valence-corrected chi connectivity index (χ3v) is 7.89. The SMILES string of the molecule is CCn1c2ccccc2c2cc(/C=N/NC(=O)CSc3nc4ccccc4c(=O)n3-c3ccccc3C)ccc21. The molecule has 4 aromatic carbocycles. The third kappa shape index (κ3) is 4.67. The molecule has 8 heteroatoms. The van der Waals surface area contributed by atoms with Gasteiger partial charge < -0.3 is 4.57 Å². The van der Waals surface area contributed by atoms with Gasteiger partial charge in [-0.25, -0.2) is 10.4 Å². The summed E-state index contributed by atoms with van der Waals surface area (Å²) in [5, 5.41) is 7.53. The minimum Gasteiger partial charge on any atom is -0.341 e. The second kappa shape index (κ2) is 10.8. The predicted molar refractivity (Wildman–Crippen MR) is 164 cm³/mol. The molecular formula is C32H27N5O2S. The highest BCUT2D eigenvalue weighted by Crippen LogP contribution is 2.29. The van der Waals surface area contributed by atoms with Crippen LogP contribution < -0.4 is 11.0 Å². The summed E-state index contributed by atoms with van der Waals surface area (Å²) >= 11 is 1.21. The van der Waals surface area contributed by atoms with Crippen molar-refractivity contribution in [1.82, 2.24) is 19.5 Å². The van der Waals surface area contributed by atoms with Crippen molar-refractivity contribution in [3.8, 4) is 5.69 Å². The van der Waals surface area contributed by atoms with Crippen LogP contribution in [0.2, 0.25) is 0 Å². The van der Waals surface area contributed by atoms with E-state index >= 15 is 0 Å². The molecule has 198 valence electrons. The minimum atomic E-state index is -0.288. The van der Waals surface area contributed by atoms with Gasteiger partial charge in [0.05, 0.1) is 28.6 Å². The Morgan fingerprint density at radius 3 is 2.48 bits per heavy atom. The number of aromatic nitrogens is 3. The summed E-state index contributed by atoms with van der Waals surface area (Å²) in [7, 11) is 0. The Kier molecular flexibility index (Phi) is 6.92. The number of para-hydroxylation sites is 3. The first-order valence-corrected chi connectivity index (χ1v) is 14.1. The first kappa shape index (κ1) is 25.6. The van der Waals surface area contributed by atoms with Gasteiger partial charge in [-0.1, -0.05) is 66.4 Å². The van der Waals surface area contributed by atoms with Crippen LogP contribution >= 0.6 is 11.8 Å². The van der Waals surface area contributed by atoms with Gasteiger partial charge in [0.25, 0.3) is 11.5 Å². The molecule has 2 aromatic heterocycles. The van der Waals surface area contributed by atoms with Crippen molar-refractivity contribution in [3.05, 3.63) is 112 Å². The average Bonchev–Trinajstić information content (AvgIpc) is 3.30. The van der Waals surface area contributed by atoms with Gasteiger partial charge in [-0.15, -0.1) is 0 Å². The summed E-state index contributed by atoms with van der Waals surface area (Å²) in [5.41, 5.74) is 7.99. The molecule has 0 fully saturated rings. The van der Waals surface area contributed by atoms with Crippen LogP contribution in [0.4, 0.5) is 0 Å². The number of aryl methyl sites for hydroxylation is 2. The van der Waals surface area contributed by atoms with Crippen molar-refractivity contribution in [2.24, 2.45) is 5.10 Å². The van der Waals surface area contributed by atoms with Crippen molar-refractivity contribution in [1.29, 1.82) is 0 Å². The average molecular weight is 546 g/mol. The Balaban J connectivity index is 1.22. The summed E-state index contributed by atoms with van der Waals surface area (Å²) in [4.78, 5) is 30.9. The number of hydrogen-bond donors (Lipinski definition) is 1. The number of carbonyl (C=O) groups excluding carboxylic acids is 1. The smallest absolute Gasteiger partial charge is 0.266 e. The van der Waals surface area contributed by atoms with E-state index < -0.39 is 0 Å². The molecule has 2 heterocycles. The number of nitrogens with zero attached hydrogens (tertiary/aromatic N) is 4. The molecule has 0 bridgehead atoms. The molecule has 0 radical (unpaired) electrons. The van der Waals surface area contributed by atoms with Gasteiger partial charge in [-0.3, -0.25) is 14.2 Å². The molecule has 6 rings (SSSR count). The molecule has 0 spiro atoms. The highest BCUT2D eigenvalue weighted by Gasteiger charge is 2.16. The molecule has 0 aliphatic heterocycles. The number of nitrogens with one attached hydrogen (secondary N) is 1. The molecule has 1 amide bonds. The summed E-state index contributed by atoms with van der Waals surface area (Å²) in [5.74, 6) is -0.236. The molecule has 0 unspecified atom stereocenters. The quantitative estimate of drug-likeness (QED) is 0.114. The Labute approximate surface area is 235 Å². The van der Waals surface area contributed by atoms with Crippen LogP contribution in [-0.2, 0) is 11.3 Å². The molecular weight excluding hydrogens is 518 g/mol. The van der Waals surface area contributed by atoms with E-state index in [2.05, 4.69) is 52.3 Å². The number of rotatable bonds is 7. The fourth-order valence-electron chi connectivity index (χ4n) is 5.07. The van der Waals surface area contributed by atoms with Gasteiger partial charge >= 0.3 is 0 Å². The highest BCUT2D eigenvalue weighted by atomic mass is 32.2. The Bertz CT molecular complexity index is 1990. The normalized spacial score (nSPS) is 11.7. The van der Waals surface area contributed by atoms with Crippen molar-refractivity contribution in [3.63, 3.8) is 0 Å². The van der Waals surface area contributed by atoms with E-state index in [0.717, 1.165) is 28.7 Å². The summed E-state index contributed by atoms with van der Waals surface area (Å²) in [6.07, 6.45) is 1.65. The van der Waals surface area contributed by atoms with E-state index in [1.165, 1.54) is 28.2 Å². The van der Waals surface area contributed by atoms with Gasteiger partial charge in [-0.05, 0) is 61.4 Å². The molecule has 40 heavy (non-hydrogen) atoms. The first-order chi connectivity index (χ1) is 19.5. The van der Waals surface area contributed by atoms with Crippen LogP contribution in [0.3, 0.4) is 0 Å². The van der Waals surface area contributed by atoms with Crippen LogP contribution in [0.15, 0.2) is 106 Å². The molecule has 0 atom stereocenters. The van der Waals surface area contributed by atoms with Crippen molar-refractivity contribution in [2.45, 2.75) is 25.5 Å². The van der Waals surface area contributed by atoms with Crippen LogP contribution in [0, 0.1) is 6.92 Å². The predicted octanol–water partition coefficient (Wildman–Crippen LogP) is 6.06. The Morgan fingerprint density at radius 1 is 0.925 bits per heavy atom. The van der Waals surface area contributed by atoms with Crippen LogP contribution in [-0.4, -0.2) is 32.0 Å². The number of benzene rings is 4. The number of hydrazone groups is 1. The first-order valence-electron chi connectivity index (χ1n) is 13.1. The van der Waals surface area contributed by atoms with E-state index in [1.54, 1.807) is 16.8 Å². The molecule has 1 N–H and O–H groups in total. The highest BCUT2D eigenvalue weighted by molar-refractivity contribution is 7.99. The lowest BCUT2D eigenvalue weighted by Gasteiger charge is -2.14. The van der Waals surface area contributed by atoms with Crippen LogP contribution in [0.1, 0.15) is 18.1 Å². The van der Waals surface area contributed by atoms with E-state index in [4.69, 9.17) is 4.98 Å². The Morgan fingerprint density at radius 2 is 1.65 bits per heavy atom. The van der Waals surface area contributed by atoms with E-state index in [9.17, 15) is 9.59 Å². The van der Waals surface area contributed by atoms with E-state index in [1.807, 2.05) is 61.5 Å². The maximum atomic E-state index is 13.5. The van der Waals surface area contributed by atoms with Gasteiger partial charge in [-0.2, -0.15) is 5.10 Å². The Hall–Kier alpha value is -4.69. The van der Waals surface area contributed by atoms with Crippen molar-refractivity contribution >= 4 is 56.6 Å². The summed E-state index contributed by atoms with van der Waals surface area (Å²) in [6, 6.07) is 29.4. The molecule has 0 saturated heterocycles. The maximum absolute atomic E-state index is 13.5. The molecule has 7 nitrogen and oxygen atoms in total. The number of carbonyl (C=O) groups is 1. The summed E-state index contributed by atoms with van der Waals surface area (Å²) < 4.78 is 3.88. The molecule has 0 aliphatic rings. The third-order valence-electron chi connectivity index (χ3n) is 6.95. The zero-order chi connectivity index (χ0) is 27.6. The lowest BCUT2D eigenvalue weighted by Crippen LogP contribution is -2.24. The lowest BCUT2D eigenvalue weighted by molar-refractivity contribution is -0.118. The fourth-order valence-corrected chi connectivity index (χ4v) is 5.87. The molecule has 6 aromatic rings. The zero-order valence-electron chi connectivity index (χ0n) is 22.2. The van der Waals surface area contributed by atoms with Crippen LogP contribution in [0.5, 0.6) is 0 Å². The van der Waals surface area contributed by atoms with E-state index in [-0.39, 0.29) is 17.2 Å². The van der Waals surface area contributed by atoms with Gasteiger partial charge in [0.1, 0.15) is 0 Å². The topological polar surface area (TPSA) is 81.3 Å². The largest absolute Gasteiger partial charge is 0.341 e. The van der Waals surface area contributed by atoms with Gasteiger partial charge in [0.15, 0.2) is 5.16 Å². The van der Waals surface area contributed by atoms with Crippen LogP contribution in [0.25, 0.3) is 38.4 Å². The fraction of sp³-hybridized carbons (Fsp3) is 0.125. The monoisotopic (exact) mass is 545 g/mol. The number of hydrogen-bond acceptors (Lipinski definition) is 5. The van der Waals surface area contributed by atoms with Crippen molar-refractivity contribution in [2.75, 3.05) is 5.75 Å². The van der Waals surface area contributed by atoms with Crippen molar-refractivity contribution < 1.29 is 4.79 Å². The number of thioether (sulfide) groups is 1. The van der Waals surface area contributed by atoms with E-state index in [0.29, 0.717) is 16.1 Å². The summed E-state index contributed by atoms with van der Waals surface area (Å²) in [6.45, 7) is 4.97. The van der Waals surface area contributed by atoms with Gasteiger partial charge in [0, 0.05) is 28.4 Å². The second-order valence-electron chi connectivity index (χ2n) is 9.46. The zero-order valence-corrected chi connectivity index (χ0v) is 23.0. The van der Waals surface area contributed by atoms with Gasteiger partial charge in [0.2, 0.25) is 0 Å². The lowest BCUT2D eigenvalue weighted by atomic mass is 10.1. The molecule has 0 aliphatic carbocycles. The molecule has 0 saturated carbocycles. The standard InChI is InChI=1S/C32H27N5O2S/c1-3-36-28-15-9-6-11-23(28)25-18-22(16-17-29(25)36)19-33-35-30(38)20-40-32-34-26-13-7-5-12-24(26)31(39)37(32)27-14-8-4-10-21(27)2/h4-19H,3,20H2,1-2H3,(H,35,38)/b33-19+. The minimum absolute atomic E-state index is 0.0526. The number of fused-ring (bicyclic) bond motifs is 4. The number of amides is 1. The second-order valence-corrected chi connectivity index (χ2v) is 10.4.